The van der Waals surface area contributed by atoms with Gasteiger partial charge in [0.1, 0.15) is 0 Å². The van der Waals surface area contributed by atoms with Crippen LogP contribution >= 0.6 is 23.2 Å². The van der Waals surface area contributed by atoms with Crippen LogP contribution in [-0.4, -0.2) is 25.2 Å². The minimum Gasteiger partial charge on any atom is -0.367 e. The second kappa shape index (κ2) is 4.44. The first-order valence-electron chi connectivity index (χ1n) is 5.43. The Balaban J connectivity index is 2.26. The van der Waals surface area contributed by atoms with Gasteiger partial charge in [0, 0.05) is 30.2 Å². The monoisotopic (exact) mass is 258 g/mol. The maximum Gasteiger partial charge on any atom is 0.0640 e. The van der Waals surface area contributed by atoms with E-state index in [1.54, 1.807) is 0 Å². The van der Waals surface area contributed by atoms with E-state index in [2.05, 4.69) is 24.1 Å². The predicted molar refractivity (Wildman–Crippen MR) is 70.8 cm³/mol. The molecule has 0 saturated carbocycles. The lowest BCUT2D eigenvalue weighted by molar-refractivity contribution is 0.353. The van der Waals surface area contributed by atoms with Crippen molar-refractivity contribution in [2.75, 3.05) is 24.5 Å². The van der Waals surface area contributed by atoms with E-state index in [1.807, 2.05) is 18.2 Å². The lowest BCUT2D eigenvalue weighted by atomic mass is 10.0. The summed E-state index contributed by atoms with van der Waals surface area (Å²) < 4.78 is 0. The fraction of sp³-hybridized carbons (Fsp3) is 0.500. The highest BCUT2D eigenvalue weighted by atomic mass is 35.5. The summed E-state index contributed by atoms with van der Waals surface area (Å²) in [5.74, 6) is 0. The Kier molecular flexibility index (Phi) is 3.34. The minimum atomic E-state index is 0.115. The number of nitrogens with zero attached hydrogens (tertiary/aromatic N) is 1. The zero-order valence-electron chi connectivity index (χ0n) is 9.56. The number of hydrogen-bond donors (Lipinski definition) is 1. The number of halogens is 2. The first kappa shape index (κ1) is 12.0. The van der Waals surface area contributed by atoms with Crippen LogP contribution in [0.1, 0.15) is 13.8 Å². The molecule has 0 unspecified atom stereocenters. The van der Waals surface area contributed by atoms with E-state index in [4.69, 9.17) is 23.2 Å². The van der Waals surface area contributed by atoms with Crippen LogP contribution in [0.25, 0.3) is 0 Å². The molecule has 2 nitrogen and oxygen atoms in total. The molecule has 1 N–H and O–H groups in total. The second-order valence-corrected chi connectivity index (χ2v) is 5.67. The molecular formula is C12H16Cl2N2. The van der Waals surface area contributed by atoms with E-state index in [-0.39, 0.29) is 5.54 Å². The molecule has 0 bridgehead atoms. The molecule has 1 heterocycles. The Hall–Kier alpha value is -0.440. The van der Waals surface area contributed by atoms with Gasteiger partial charge in [-0.1, -0.05) is 23.2 Å². The van der Waals surface area contributed by atoms with Gasteiger partial charge in [0.15, 0.2) is 0 Å². The number of rotatable bonds is 1. The lowest BCUT2D eigenvalue weighted by Crippen LogP contribution is -2.57. The topological polar surface area (TPSA) is 15.3 Å². The van der Waals surface area contributed by atoms with Crippen molar-refractivity contribution < 1.29 is 0 Å². The highest BCUT2D eigenvalue weighted by molar-refractivity contribution is 6.35. The van der Waals surface area contributed by atoms with E-state index < -0.39 is 0 Å². The van der Waals surface area contributed by atoms with E-state index >= 15 is 0 Å². The molecule has 0 aliphatic carbocycles. The number of anilines is 1. The fourth-order valence-corrected chi connectivity index (χ4v) is 2.48. The molecule has 4 heteroatoms. The van der Waals surface area contributed by atoms with Crippen LogP contribution in [0.2, 0.25) is 10.0 Å². The van der Waals surface area contributed by atoms with Crippen LogP contribution < -0.4 is 10.2 Å². The number of benzene rings is 1. The summed E-state index contributed by atoms with van der Waals surface area (Å²) in [5, 5.41) is 4.97. The highest BCUT2D eigenvalue weighted by Crippen LogP contribution is 2.30. The second-order valence-electron chi connectivity index (χ2n) is 4.83. The third-order valence-electron chi connectivity index (χ3n) is 2.82. The predicted octanol–water partition coefficient (Wildman–Crippen LogP) is 3.18. The summed E-state index contributed by atoms with van der Waals surface area (Å²) in [6, 6.07) is 5.61. The zero-order valence-corrected chi connectivity index (χ0v) is 11.1. The third kappa shape index (κ3) is 2.62. The molecule has 1 aliphatic heterocycles. The summed E-state index contributed by atoms with van der Waals surface area (Å²) in [7, 11) is 0. The van der Waals surface area contributed by atoms with E-state index in [9.17, 15) is 0 Å². The molecule has 2 rings (SSSR count). The number of nitrogens with one attached hydrogen (secondary N) is 1. The maximum absolute atomic E-state index is 6.20. The summed E-state index contributed by atoms with van der Waals surface area (Å²) >= 11 is 12.2. The SMILES string of the molecule is CC1(C)CN(c2cc(Cl)ccc2Cl)CCN1. The van der Waals surface area contributed by atoms with Gasteiger partial charge in [0.05, 0.1) is 10.7 Å². The van der Waals surface area contributed by atoms with Crippen LogP contribution in [0, 0.1) is 0 Å². The fourth-order valence-electron chi connectivity index (χ4n) is 2.08. The average molecular weight is 259 g/mol. The van der Waals surface area contributed by atoms with E-state index in [0.717, 1.165) is 35.4 Å². The summed E-state index contributed by atoms with van der Waals surface area (Å²) in [5.41, 5.74) is 1.15. The van der Waals surface area contributed by atoms with Gasteiger partial charge >= 0.3 is 0 Å². The number of piperazine rings is 1. The Labute approximate surface area is 107 Å². The van der Waals surface area contributed by atoms with Gasteiger partial charge in [0.25, 0.3) is 0 Å². The first-order chi connectivity index (χ1) is 7.48. The van der Waals surface area contributed by atoms with Gasteiger partial charge in [-0.3, -0.25) is 0 Å². The van der Waals surface area contributed by atoms with Gasteiger partial charge in [0.2, 0.25) is 0 Å². The van der Waals surface area contributed by atoms with E-state index in [0.29, 0.717) is 0 Å². The summed E-state index contributed by atoms with van der Waals surface area (Å²) in [4.78, 5) is 2.28. The molecule has 1 saturated heterocycles. The molecular weight excluding hydrogens is 243 g/mol. The van der Waals surface area contributed by atoms with Gasteiger partial charge in [-0.2, -0.15) is 0 Å². The van der Waals surface area contributed by atoms with Gasteiger partial charge in [-0.05, 0) is 32.0 Å². The number of hydrogen-bond acceptors (Lipinski definition) is 2. The molecule has 88 valence electrons. The normalized spacial score (nSPS) is 19.9. The van der Waals surface area contributed by atoms with Crippen LogP contribution in [0.5, 0.6) is 0 Å². The van der Waals surface area contributed by atoms with Crippen molar-refractivity contribution in [1.82, 2.24) is 5.32 Å². The van der Waals surface area contributed by atoms with Crippen molar-refractivity contribution in [3.05, 3.63) is 28.2 Å². The molecule has 16 heavy (non-hydrogen) atoms. The van der Waals surface area contributed by atoms with Gasteiger partial charge in [-0.25, -0.2) is 0 Å². The molecule has 1 aliphatic rings. The van der Waals surface area contributed by atoms with Gasteiger partial charge < -0.3 is 10.2 Å². The highest BCUT2D eigenvalue weighted by Gasteiger charge is 2.26. The summed E-state index contributed by atoms with van der Waals surface area (Å²) in [6.07, 6.45) is 0. The lowest BCUT2D eigenvalue weighted by Gasteiger charge is -2.40. The molecule has 1 aromatic rings. The average Bonchev–Trinajstić information content (AvgIpc) is 2.20. The molecule has 0 atom stereocenters. The Morgan fingerprint density at radius 1 is 1.31 bits per heavy atom. The molecule has 1 fully saturated rings. The molecule has 0 radical (unpaired) electrons. The quantitative estimate of drug-likeness (QED) is 0.833. The largest absolute Gasteiger partial charge is 0.367 e. The first-order valence-corrected chi connectivity index (χ1v) is 6.19. The van der Waals surface area contributed by atoms with Crippen molar-refractivity contribution in [2.45, 2.75) is 19.4 Å². The van der Waals surface area contributed by atoms with Crippen LogP contribution in [0.15, 0.2) is 18.2 Å². The van der Waals surface area contributed by atoms with Crippen LogP contribution in [0.4, 0.5) is 5.69 Å². The third-order valence-corrected chi connectivity index (χ3v) is 3.37. The Morgan fingerprint density at radius 3 is 2.75 bits per heavy atom. The molecule has 0 aromatic heterocycles. The van der Waals surface area contributed by atoms with Crippen LogP contribution in [-0.2, 0) is 0 Å². The standard InChI is InChI=1S/C12H16Cl2N2/c1-12(2)8-16(6-5-15-12)11-7-9(13)3-4-10(11)14/h3-4,7,15H,5-6,8H2,1-2H3. The van der Waals surface area contributed by atoms with Crippen LogP contribution in [0.3, 0.4) is 0 Å². The van der Waals surface area contributed by atoms with Crippen molar-refractivity contribution in [3.8, 4) is 0 Å². The smallest absolute Gasteiger partial charge is 0.0640 e. The van der Waals surface area contributed by atoms with Crippen molar-refractivity contribution >= 4 is 28.9 Å². The summed E-state index contributed by atoms with van der Waals surface area (Å²) in [6.45, 7) is 7.25. The minimum absolute atomic E-state index is 0.115. The van der Waals surface area contributed by atoms with E-state index in [1.165, 1.54) is 0 Å². The van der Waals surface area contributed by atoms with Gasteiger partial charge in [-0.15, -0.1) is 0 Å². The Bertz CT molecular complexity index is 391. The maximum atomic E-state index is 6.20. The Morgan fingerprint density at radius 2 is 2.06 bits per heavy atom. The van der Waals surface area contributed by atoms with Crippen molar-refractivity contribution in [2.24, 2.45) is 0 Å². The molecule has 1 aromatic carbocycles. The molecule has 0 amide bonds. The van der Waals surface area contributed by atoms with Crippen molar-refractivity contribution in [1.29, 1.82) is 0 Å². The molecule has 0 spiro atoms. The van der Waals surface area contributed by atoms with Crippen molar-refractivity contribution in [3.63, 3.8) is 0 Å². The zero-order chi connectivity index (χ0) is 11.8.